The molecular weight excluding hydrogens is 364 g/mol. The van der Waals surface area contributed by atoms with Crippen molar-refractivity contribution in [1.29, 1.82) is 0 Å². The summed E-state index contributed by atoms with van der Waals surface area (Å²) >= 11 is 0. The third-order valence-corrected chi connectivity index (χ3v) is 4.31. The molecule has 28 heavy (non-hydrogen) atoms. The van der Waals surface area contributed by atoms with Crippen molar-refractivity contribution in [2.45, 2.75) is 46.8 Å². The quantitative estimate of drug-likeness (QED) is 0.657. The Bertz CT molecular complexity index is 811. The molecule has 1 atom stereocenters. The third kappa shape index (κ3) is 5.48. The van der Waals surface area contributed by atoms with Gasteiger partial charge in [0, 0.05) is 6.04 Å². The Labute approximate surface area is 164 Å². The number of ether oxygens (including phenoxy) is 3. The van der Waals surface area contributed by atoms with Gasteiger partial charge in [-0.2, -0.15) is 0 Å². The highest BCUT2D eigenvalue weighted by atomic mass is 16.5. The first-order valence-electron chi connectivity index (χ1n) is 9.04. The molecule has 1 heterocycles. The molecule has 0 unspecified atom stereocenters. The normalized spacial score (nSPS) is 11.6. The summed E-state index contributed by atoms with van der Waals surface area (Å²) < 4.78 is 21.3. The Morgan fingerprint density at radius 1 is 1.25 bits per heavy atom. The van der Waals surface area contributed by atoms with Gasteiger partial charge in [-0.1, -0.05) is 12.1 Å². The van der Waals surface area contributed by atoms with E-state index in [1.165, 1.54) is 13.2 Å². The van der Waals surface area contributed by atoms with Crippen LogP contribution in [0, 0.1) is 13.8 Å². The number of hydrogen-bond donors (Lipinski definition) is 1. The van der Waals surface area contributed by atoms with E-state index in [4.69, 9.17) is 18.7 Å². The molecule has 0 saturated carbocycles. The van der Waals surface area contributed by atoms with E-state index in [1.807, 2.05) is 27.7 Å². The molecule has 2 aromatic rings. The third-order valence-electron chi connectivity index (χ3n) is 4.31. The van der Waals surface area contributed by atoms with Gasteiger partial charge < -0.3 is 24.1 Å². The lowest BCUT2D eigenvalue weighted by Gasteiger charge is -2.13. The minimum Gasteiger partial charge on any atom is -0.493 e. The fourth-order valence-corrected chi connectivity index (χ4v) is 2.40. The molecule has 0 aliphatic carbocycles. The average Bonchev–Trinajstić information content (AvgIpc) is 3.01. The topological polar surface area (TPSA) is 99.9 Å². The van der Waals surface area contributed by atoms with Crippen molar-refractivity contribution in [3.63, 3.8) is 0 Å². The largest absolute Gasteiger partial charge is 0.493 e. The number of amides is 1. The van der Waals surface area contributed by atoms with E-state index in [1.54, 1.807) is 12.1 Å². The van der Waals surface area contributed by atoms with E-state index >= 15 is 0 Å². The number of carbonyl (C=O) groups excluding carboxylic acids is 2. The van der Waals surface area contributed by atoms with E-state index in [-0.39, 0.29) is 30.7 Å². The van der Waals surface area contributed by atoms with Crippen molar-refractivity contribution in [2.75, 3.05) is 13.7 Å². The number of rotatable bonds is 9. The van der Waals surface area contributed by atoms with Gasteiger partial charge in [-0.15, -0.1) is 0 Å². The van der Waals surface area contributed by atoms with Crippen molar-refractivity contribution in [3.05, 3.63) is 40.8 Å². The molecule has 2 rings (SSSR count). The fraction of sp³-hybridized carbons (Fsp3) is 0.450. The molecule has 152 valence electrons. The minimum absolute atomic E-state index is 0.0282. The van der Waals surface area contributed by atoms with Gasteiger partial charge in [-0.25, -0.2) is 4.79 Å². The van der Waals surface area contributed by atoms with Crippen LogP contribution >= 0.6 is 0 Å². The fourth-order valence-electron chi connectivity index (χ4n) is 2.40. The first-order chi connectivity index (χ1) is 13.3. The van der Waals surface area contributed by atoms with E-state index in [0.29, 0.717) is 17.3 Å². The molecule has 0 aliphatic rings. The van der Waals surface area contributed by atoms with Crippen LogP contribution in [0.5, 0.6) is 11.5 Å². The second kappa shape index (κ2) is 9.77. The summed E-state index contributed by atoms with van der Waals surface area (Å²) in [7, 11) is 1.48. The van der Waals surface area contributed by atoms with E-state index in [2.05, 4.69) is 10.5 Å². The summed E-state index contributed by atoms with van der Waals surface area (Å²) in [6, 6.07) is 4.71. The molecule has 8 heteroatoms. The molecule has 0 aliphatic heterocycles. The van der Waals surface area contributed by atoms with Crippen LogP contribution in [0.1, 0.15) is 47.6 Å². The summed E-state index contributed by atoms with van der Waals surface area (Å²) in [5, 5.41) is 6.62. The Balaban J connectivity index is 1.99. The standard InChI is InChI=1S/C20H26N2O6/c1-6-12(2)21-19(23)11-27-20(24)15-7-8-17(18(9-15)25-5)26-10-16-13(3)22-28-14(16)4/h7-9,12H,6,10-11H2,1-5H3,(H,21,23)/t12-/m0/s1. The average molecular weight is 390 g/mol. The molecule has 1 N–H and O–H groups in total. The maximum Gasteiger partial charge on any atom is 0.338 e. The summed E-state index contributed by atoms with van der Waals surface area (Å²) in [5.74, 6) is 0.579. The molecule has 8 nitrogen and oxygen atoms in total. The molecular formula is C20H26N2O6. The second-order valence-corrected chi connectivity index (χ2v) is 6.41. The summed E-state index contributed by atoms with van der Waals surface area (Å²) in [6.45, 7) is 7.41. The summed E-state index contributed by atoms with van der Waals surface area (Å²) in [6.07, 6.45) is 0.798. The smallest absolute Gasteiger partial charge is 0.338 e. The van der Waals surface area contributed by atoms with Crippen LogP contribution in [-0.2, 0) is 16.1 Å². The number of aromatic nitrogens is 1. The van der Waals surface area contributed by atoms with Crippen molar-refractivity contribution in [1.82, 2.24) is 10.5 Å². The predicted octanol–water partition coefficient (Wildman–Crippen LogP) is 2.95. The van der Waals surface area contributed by atoms with Gasteiger partial charge in [0.05, 0.1) is 23.9 Å². The van der Waals surface area contributed by atoms with Crippen LogP contribution in [0.15, 0.2) is 22.7 Å². The molecule has 1 aromatic heterocycles. The summed E-state index contributed by atoms with van der Waals surface area (Å²) in [4.78, 5) is 23.9. The van der Waals surface area contributed by atoms with Gasteiger partial charge in [0.1, 0.15) is 12.4 Å². The zero-order valence-electron chi connectivity index (χ0n) is 16.8. The number of aryl methyl sites for hydroxylation is 2. The van der Waals surface area contributed by atoms with Crippen LogP contribution < -0.4 is 14.8 Å². The monoisotopic (exact) mass is 390 g/mol. The number of benzene rings is 1. The highest BCUT2D eigenvalue weighted by Gasteiger charge is 2.16. The molecule has 1 amide bonds. The van der Waals surface area contributed by atoms with Crippen LogP contribution in [0.2, 0.25) is 0 Å². The highest BCUT2D eigenvalue weighted by Crippen LogP contribution is 2.29. The van der Waals surface area contributed by atoms with Crippen molar-refractivity contribution >= 4 is 11.9 Å². The minimum atomic E-state index is -0.616. The van der Waals surface area contributed by atoms with Crippen LogP contribution in [0.3, 0.4) is 0 Å². The van der Waals surface area contributed by atoms with Crippen LogP contribution in [-0.4, -0.2) is 36.8 Å². The Kier molecular flexibility index (Phi) is 7.43. The first kappa shape index (κ1) is 21.3. The SMILES string of the molecule is CC[C@H](C)NC(=O)COC(=O)c1ccc(OCc2c(C)noc2C)c(OC)c1. The molecule has 0 spiro atoms. The van der Waals surface area contributed by atoms with Gasteiger partial charge in [-0.3, -0.25) is 4.79 Å². The number of nitrogens with zero attached hydrogens (tertiary/aromatic N) is 1. The van der Waals surface area contributed by atoms with Gasteiger partial charge in [-0.05, 0) is 45.4 Å². The molecule has 0 fully saturated rings. The maximum atomic E-state index is 12.2. The summed E-state index contributed by atoms with van der Waals surface area (Å²) in [5.41, 5.74) is 1.88. The lowest BCUT2D eigenvalue weighted by molar-refractivity contribution is -0.124. The van der Waals surface area contributed by atoms with Crippen molar-refractivity contribution < 1.29 is 28.3 Å². The van der Waals surface area contributed by atoms with E-state index in [9.17, 15) is 9.59 Å². The molecule has 1 aromatic carbocycles. The second-order valence-electron chi connectivity index (χ2n) is 6.41. The lowest BCUT2D eigenvalue weighted by Crippen LogP contribution is -2.35. The molecule has 0 bridgehead atoms. The van der Waals surface area contributed by atoms with Crippen molar-refractivity contribution in [2.24, 2.45) is 0 Å². The number of methoxy groups -OCH3 is 1. The Morgan fingerprint density at radius 2 is 2.00 bits per heavy atom. The van der Waals surface area contributed by atoms with Gasteiger partial charge in [0.15, 0.2) is 18.1 Å². The predicted molar refractivity (Wildman–Crippen MR) is 101 cm³/mol. The lowest BCUT2D eigenvalue weighted by atomic mass is 10.2. The van der Waals surface area contributed by atoms with Crippen LogP contribution in [0.4, 0.5) is 0 Å². The zero-order chi connectivity index (χ0) is 20.7. The first-order valence-corrected chi connectivity index (χ1v) is 9.04. The van der Waals surface area contributed by atoms with E-state index in [0.717, 1.165) is 17.7 Å². The zero-order valence-corrected chi connectivity index (χ0v) is 16.8. The van der Waals surface area contributed by atoms with Gasteiger partial charge in [0.2, 0.25) is 0 Å². The Hall–Kier alpha value is -3.03. The molecule has 0 radical (unpaired) electrons. The van der Waals surface area contributed by atoms with Crippen LogP contribution in [0.25, 0.3) is 0 Å². The van der Waals surface area contributed by atoms with E-state index < -0.39 is 5.97 Å². The molecule has 0 saturated heterocycles. The number of carbonyl (C=O) groups is 2. The van der Waals surface area contributed by atoms with Crippen molar-refractivity contribution in [3.8, 4) is 11.5 Å². The highest BCUT2D eigenvalue weighted by molar-refractivity contribution is 5.92. The maximum absolute atomic E-state index is 12.2. The number of hydrogen-bond acceptors (Lipinski definition) is 7. The van der Waals surface area contributed by atoms with Gasteiger partial charge >= 0.3 is 5.97 Å². The number of nitrogens with one attached hydrogen (secondary N) is 1. The van der Waals surface area contributed by atoms with Gasteiger partial charge in [0.25, 0.3) is 5.91 Å². The number of esters is 1. The Morgan fingerprint density at radius 3 is 2.61 bits per heavy atom.